The fraction of sp³-hybridized carbons (Fsp3) is 0.115. The molecule has 168 valence electrons. The molecular formula is C26H24N2O4S. The molecule has 0 aliphatic rings. The zero-order valence-corrected chi connectivity index (χ0v) is 18.9. The Morgan fingerprint density at radius 1 is 0.879 bits per heavy atom. The predicted octanol–water partition coefficient (Wildman–Crippen LogP) is 4.76. The summed E-state index contributed by atoms with van der Waals surface area (Å²) in [5, 5.41) is 4.90. The lowest BCUT2D eigenvalue weighted by Crippen LogP contribution is -2.28. The van der Waals surface area contributed by atoms with E-state index in [2.05, 4.69) is 10.0 Å². The van der Waals surface area contributed by atoms with Gasteiger partial charge in [-0.3, -0.25) is 9.52 Å². The minimum atomic E-state index is -3.74. The largest absolute Gasteiger partial charge is 0.491 e. The molecular weight excluding hydrogens is 436 g/mol. The van der Waals surface area contributed by atoms with E-state index in [1.165, 1.54) is 6.07 Å². The molecule has 0 aromatic heterocycles. The van der Waals surface area contributed by atoms with Gasteiger partial charge in [-0.05, 0) is 48.7 Å². The van der Waals surface area contributed by atoms with E-state index in [9.17, 15) is 13.2 Å². The summed E-state index contributed by atoms with van der Waals surface area (Å²) in [6.07, 6.45) is 0. The minimum Gasteiger partial charge on any atom is -0.491 e. The molecule has 0 aliphatic heterocycles. The zero-order chi connectivity index (χ0) is 23.3. The Morgan fingerprint density at radius 2 is 1.61 bits per heavy atom. The van der Waals surface area contributed by atoms with Gasteiger partial charge >= 0.3 is 0 Å². The number of anilines is 1. The molecule has 0 unspecified atom stereocenters. The van der Waals surface area contributed by atoms with Gasteiger partial charge in [-0.2, -0.15) is 0 Å². The second-order valence-corrected chi connectivity index (χ2v) is 9.26. The van der Waals surface area contributed by atoms with Gasteiger partial charge in [0, 0.05) is 16.6 Å². The number of rotatable bonds is 8. The number of ether oxygens (including phenoxy) is 1. The Hall–Kier alpha value is -3.84. The Kier molecular flexibility index (Phi) is 6.60. The first kappa shape index (κ1) is 22.4. The van der Waals surface area contributed by atoms with Crippen molar-refractivity contribution in [2.45, 2.75) is 11.8 Å². The van der Waals surface area contributed by atoms with Crippen LogP contribution < -0.4 is 14.8 Å². The number of benzene rings is 4. The number of carbonyl (C=O) groups excluding carboxylic acids is 1. The lowest BCUT2D eigenvalue weighted by molar-refractivity contribution is 0.0947. The van der Waals surface area contributed by atoms with Crippen LogP contribution in [0.5, 0.6) is 5.75 Å². The molecule has 0 aliphatic carbocycles. The van der Waals surface area contributed by atoms with Crippen LogP contribution in [0.1, 0.15) is 15.9 Å². The van der Waals surface area contributed by atoms with Gasteiger partial charge in [-0.1, -0.05) is 60.2 Å². The highest BCUT2D eigenvalue weighted by atomic mass is 32.2. The van der Waals surface area contributed by atoms with Crippen LogP contribution in [0.15, 0.2) is 95.9 Å². The van der Waals surface area contributed by atoms with Crippen molar-refractivity contribution in [2.75, 3.05) is 17.9 Å². The molecule has 0 bridgehead atoms. The van der Waals surface area contributed by atoms with Crippen LogP contribution in [0.25, 0.3) is 10.8 Å². The molecule has 0 fully saturated rings. The monoisotopic (exact) mass is 460 g/mol. The number of hydrogen-bond donors (Lipinski definition) is 2. The molecule has 7 heteroatoms. The van der Waals surface area contributed by atoms with Crippen LogP contribution in [-0.2, 0) is 10.0 Å². The second-order valence-electron chi connectivity index (χ2n) is 7.58. The lowest BCUT2D eigenvalue weighted by atomic mass is 10.1. The van der Waals surface area contributed by atoms with Crippen molar-refractivity contribution in [3.05, 3.63) is 102 Å². The van der Waals surface area contributed by atoms with Crippen molar-refractivity contribution in [2.24, 2.45) is 0 Å². The predicted molar refractivity (Wildman–Crippen MR) is 130 cm³/mol. The highest BCUT2D eigenvalue weighted by Gasteiger charge is 2.15. The SMILES string of the molecule is Cc1ccc(S(=O)(=O)Nc2cccc(C(=O)NCCOc3cccc4ccccc34)c2)cc1. The average molecular weight is 461 g/mol. The number of nitrogens with one attached hydrogen (secondary N) is 2. The van der Waals surface area contributed by atoms with Crippen molar-refractivity contribution < 1.29 is 17.9 Å². The fourth-order valence-corrected chi connectivity index (χ4v) is 4.45. The van der Waals surface area contributed by atoms with Gasteiger partial charge < -0.3 is 10.1 Å². The van der Waals surface area contributed by atoms with Crippen LogP contribution in [0, 0.1) is 6.92 Å². The molecule has 0 spiro atoms. The van der Waals surface area contributed by atoms with Gasteiger partial charge in [0.2, 0.25) is 0 Å². The average Bonchev–Trinajstić information content (AvgIpc) is 2.82. The summed E-state index contributed by atoms with van der Waals surface area (Å²) in [4.78, 5) is 12.7. The van der Waals surface area contributed by atoms with E-state index in [1.54, 1.807) is 42.5 Å². The van der Waals surface area contributed by atoms with Crippen molar-refractivity contribution >= 4 is 32.4 Å². The van der Waals surface area contributed by atoms with Crippen molar-refractivity contribution in [1.82, 2.24) is 5.32 Å². The second kappa shape index (κ2) is 9.75. The highest BCUT2D eigenvalue weighted by Crippen LogP contribution is 2.25. The first-order chi connectivity index (χ1) is 15.9. The number of hydrogen-bond acceptors (Lipinski definition) is 4. The van der Waals surface area contributed by atoms with E-state index in [0.29, 0.717) is 24.4 Å². The molecule has 33 heavy (non-hydrogen) atoms. The normalized spacial score (nSPS) is 11.2. The maximum absolute atomic E-state index is 12.6. The summed E-state index contributed by atoms with van der Waals surface area (Å²) in [5.74, 6) is 0.447. The van der Waals surface area contributed by atoms with Gasteiger partial charge in [0.15, 0.2) is 0 Å². The molecule has 4 rings (SSSR count). The van der Waals surface area contributed by atoms with E-state index in [1.807, 2.05) is 49.4 Å². The van der Waals surface area contributed by atoms with Crippen molar-refractivity contribution in [1.29, 1.82) is 0 Å². The number of sulfonamides is 1. The molecule has 0 saturated carbocycles. The van der Waals surface area contributed by atoms with E-state index in [0.717, 1.165) is 22.1 Å². The number of fused-ring (bicyclic) bond motifs is 1. The molecule has 0 radical (unpaired) electrons. The maximum atomic E-state index is 12.6. The number of amides is 1. The van der Waals surface area contributed by atoms with Gasteiger partial charge in [0.25, 0.3) is 15.9 Å². The first-order valence-electron chi connectivity index (χ1n) is 10.5. The molecule has 6 nitrogen and oxygen atoms in total. The minimum absolute atomic E-state index is 0.161. The van der Waals surface area contributed by atoms with E-state index >= 15 is 0 Å². The molecule has 4 aromatic rings. The molecule has 1 amide bonds. The molecule has 4 aromatic carbocycles. The van der Waals surface area contributed by atoms with E-state index in [-0.39, 0.29) is 10.8 Å². The third-order valence-electron chi connectivity index (χ3n) is 5.10. The quantitative estimate of drug-likeness (QED) is 0.372. The third-order valence-corrected chi connectivity index (χ3v) is 6.50. The fourth-order valence-electron chi connectivity index (χ4n) is 3.40. The highest BCUT2D eigenvalue weighted by molar-refractivity contribution is 7.92. The van der Waals surface area contributed by atoms with Gasteiger partial charge in [-0.15, -0.1) is 0 Å². The Balaban J connectivity index is 1.35. The van der Waals surface area contributed by atoms with Gasteiger partial charge in [-0.25, -0.2) is 8.42 Å². The van der Waals surface area contributed by atoms with Crippen molar-refractivity contribution in [3.63, 3.8) is 0 Å². The van der Waals surface area contributed by atoms with Gasteiger partial charge in [0.05, 0.1) is 11.4 Å². The van der Waals surface area contributed by atoms with Gasteiger partial charge in [0.1, 0.15) is 12.4 Å². The molecule has 0 saturated heterocycles. The van der Waals surface area contributed by atoms with Crippen LogP contribution in [0.3, 0.4) is 0 Å². The Morgan fingerprint density at radius 3 is 2.42 bits per heavy atom. The Bertz CT molecular complexity index is 1380. The summed E-state index contributed by atoms with van der Waals surface area (Å²) >= 11 is 0. The summed E-state index contributed by atoms with van der Waals surface area (Å²) in [6, 6.07) is 26.7. The van der Waals surface area contributed by atoms with Crippen molar-refractivity contribution in [3.8, 4) is 5.75 Å². The standard InChI is InChI=1S/C26H24N2O4S/c1-19-12-14-23(15-13-19)33(30,31)28-22-9-4-8-21(18-22)26(29)27-16-17-32-25-11-5-7-20-6-2-3-10-24(20)25/h2-15,18,28H,16-17H2,1H3,(H,27,29). The molecule has 0 atom stereocenters. The zero-order valence-electron chi connectivity index (χ0n) is 18.1. The van der Waals surface area contributed by atoms with Crippen LogP contribution in [0.4, 0.5) is 5.69 Å². The number of aryl methyl sites for hydroxylation is 1. The smallest absolute Gasteiger partial charge is 0.261 e. The van der Waals surface area contributed by atoms with E-state index < -0.39 is 10.0 Å². The lowest BCUT2D eigenvalue weighted by Gasteiger charge is -2.11. The molecule has 0 heterocycles. The topological polar surface area (TPSA) is 84.5 Å². The summed E-state index contributed by atoms with van der Waals surface area (Å²) in [6.45, 7) is 2.50. The van der Waals surface area contributed by atoms with Crippen LogP contribution in [0.2, 0.25) is 0 Å². The first-order valence-corrected chi connectivity index (χ1v) is 12.0. The van der Waals surface area contributed by atoms with E-state index in [4.69, 9.17) is 4.74 Å². The third kappa shape index (κ3) is 5.51. The summed E-state index contributed by atoms with van der Waals surface area (Å²) in [5.41, 5.74) is 1.64. The number of carbonyl (C=O) groups is 1. The van der Waals surface area contributed by atoms with Crippen LogP contribution >= 0.6 is 0 Å². The maximum Gasteiger partial charge on any atom is 0.261 e. The summed E-state index contributed by atoms with van der Waals surface area (Å²) < 4.78 is 33.6. The van der Waals surface area contributed by atoms with Crippen LogP contribution in [-0.4, -0.2) is 27.5 Å². The molecule has 2 N–H and O–H groups in total. The summed E-state index contributed by atoms with van der Waals surface area (Å²) in [7, 11) is -3.74. The Labute approximate surface area is 193 Å².